The summed E-state index contributed by atoms with van der Waals surface area (Å²) in [5, 5.41) is 3.36. The van der Waals surface area contributed by atoms with Gasteiger partial charge in [0.1, 0.15) is 0 Å². The maximum atomic E-state index is 13.3. The van der Waals surface area contributed by atoms with Crippen molar-refractivity contribution in [1.29, 1.82) is 0 Å². The second-order valence-corrected chi connectivity index (χ2v) is 7.25. The Kier molecular flexibility index (Phi) is 3.96. The Hall–Kier alpha value is -2.86. The van der Waals surface area contributed by atoms with Crippen LogP contribution in [-0.4, -0.2) is 35.3 Å². The zero-order valence-electron chi connectivity index (χ0n) is 15.0. The van der Waals surface area contributed by atoms with Crippen LogP contribution in [0, 0.1) is 6.92 Å². The van der Waals surface area contributed by atoms with Gasteiger partial charge in [-0.05, 0) is 36.8 Å². The number of nitrogens with zero attached hydrogens (tertiary/aromatic N) is 2. The molecule has 2 aromatic rings. The van der Waals surface area contributed by atoms with E-state index in [-0.39, 0.29) is 24.7 Å². The van der Waals surface area contributed by atoms with E-state index in [1.54, 1.807) is 49.5 Å². The van der Waals surface area contributed by atoms with Gasteiger partial charge in [-0.15, -0.1) is 0 Å². The van der Waals surface area contributed by atoms with Crippen LogP contribution in [0.4, 0.5) is 11.4 Å². The first-order chi connectivity index (χ1) is 12.9. The number of nitrogens with one attached hydrogen (secondary N) is 1. The largest absolute Gasteiger partial charge is 0.322 e. The molecule has 0 aromatic heterocycles. The second-order valence-electron chi connectivity index (χ2n) is 6.85. The van der Waals surface area contributed by atoms with Crippen molar-refractivity contribution in [2.24, 2.45) is 0 Å². The standard InChI is InChI=1S/C20H18ClN3O3/c1-12-7-8-13(11-15(12)21)22-19(27)20-10-9-17(25)24(20)16-6-4-3-5-14(16)18(26)23(20)2/h3-8,11H,9-10H2,1-2H3,(H,22,27)/t20-/m0/s1. The molecule has 0 saturated carbocycles. The van der Waals surface area contributed by atoms with Crippen molar-refractivity contribution in [3.05, 3.63) is 58.6 Å². The van der Waals surface area contributed by atoms with Gasteiger partial charge in [-0.3, -0.25) is 19.3 Å². The Bertz CT molecular complexity index is 990. The van der Waals surface area contributed by atoms with Crippen LogP contribution in [0.15, 0.2) is 42.5 Å². The number of aryl methyl sites for hydroxylation is 1. The fourth-order valence-corrected chi connectivity index (χ4v) is 4.01. The molecule has 2 aliphatic rings. The summed E-state index contributed by atoms with van der Waals surface area (Å²) in [6.45, 7) is 1.87. The van der Waals surface area contributed by atoms with Gasteiger partial charge in [0.05, 0.1) is 11.3 Å². The summed E-state index contributed by atoms with van der Waals surface area (Å²) in [5.41, 5.74) is 0.908. The van der Waals surface area contributed by atoms with Crippen molar-refractivity contribution in [2.45, 2.75) is 25.4 Å². The number of likely N-dealkylation sites (N-methyl/N-ethyl adjacent to an activating group) is 1. The van der Waals surface area contributed by atoms with Crippen LogP contribution >= 0.6 is 11.6 Å². The van der Waals surface area contributed by atoms with E-state index in [1.165, 1.54) is 9.80 Å². The van der Waals surface area contributed by atoms with E-state index in [9.17, 15) is 14.4 Å². The maximum Gasteiger partial charge on any atom is 0.271 e. The van der Waals surface area contributed by atoms with E-state index < -0.39 is 11.6 Å². The second kappa shape index (κ2) is 6.09. The number of para-hydroxylation sites is 1. The number of hydrogen-bond acceptors (Lipinski definition) is 3. The molecular formula is C20H18ClN3O3. The van der Waals surface area contributed by atoms with Crippen LogP contribution in [0.1, 0.15) is 28.8 Å². The first-order valence-electron chi connectivity index (χ1n) is 8.64. The molecule has 4 rings (SSSR count). The van der Waals surface area contributed by atoms with Crippen molar-refractivity contribution >= 4 is 40.7 Å². The fraction of sp³-hybridized carbons (Fsp3) is 0.250. The van der Waals surface area contributed by atoms with E-state index in [4.69, 9.17) is 11.6 Å². The van der Waals surface area contributed by atoms with Crippen LogP contribution in [-0.2, 0) is 9.59 Å². The SMILES string of the molecule is Cc1ccc(NC(=O)[C@]23CCC(=O)N2c2ccccc2C(=O)N3C)cc1Cl. The summed E-state index contributed by atoms with van der Waals surface area (Å²) < 4.78 is 0. The van der Waals surface area contributed by atoms with E-state index in [0.717, 1.165) is 5.56 Å². The van der Waals surface area contributed by atoms with Gasteiger partial charge in [-0.25, -0.2) is 0 Å². The molecule has 0 bridgehead atoms. The highest BCUT2D eigenvalue weighted by atomic mass is 35.5. The highest BCUT2D eigenvalue weighted by Crippen LogP contribution is 2.44. The predicted octanol–water partition coefficient (Wildman–Crippen LogP) is 3.20. The number of hydrogen-bond donors (Lipinski definition) is 1. The zero-order valence-corrected chi connectivity index (χ0v) is 15.7. The van der Waals surface area contributed by atoms with Gasteiger partial charge >= 0.3 is 0 Å². The Morgan fingerprint density at radius 3 is 2.67 bits per heavy atom. The third-order valence-corrected chi connectivity index (χ3v) is 5.74. The normalized spacial score (nSPS) is 21.1. The monoisotopic (exact) mass is 383 g/mol. The minimum Gasteiger partial charge on any atom is -0.322 e. The Labute approximate surface area is 161 Å². The minimum atomic E-state index is -1.39. The zero-order chi connectivity index (χ0) is 19.3. The summed E-state index contributed by atoms with van der Waals surface area (Å²) in [5.74, 6) is -0.897. The quantitative estimate of drug-likeness (QED) is 0.865. The lowest BCUT2D eigenvalue weighted by Crippen LogP contribution is -2.68. The van der Waals surface area contributed by atoms with Gasteiger partial charge in [0.15, 0.2) is 0 Å². The first-order valence-corrected chi connectivity index (χ1v) is 9.02. The molecule has 1 saturated heterocycles. The summed E-state index contributed by atoms with van der Waals surface area (Å²) in [6, 6.07) is 12.1. The third-order valence-electron chi connectivity index (χ3n) is 5.34. The smallest absolute Gasteiger partial charge is 0.271 e. The van der Waals surface area contributed by atoms with Crippen LogP contribution < -0.4 is 10.2 Å². The molecule has 0 spiro atoms. The first kappa shape index (κ1) is 17.5. The Morgan fingerprint density at radius 2 is 1.93 bits per heavy atom. The molecule has 1 N–H and O–H groups in total. The minimum absolute atomic E-state index is 0.182. The Morgan fingerprint density at radius 1 is 1.19 bits per heavy atom. The lowest BCUT2D eigenvalue weighted by Gasteiger charge is -2.47. The molecule has 0 aliphatic carbocycles. The molecular weight excluding hydrogens is 366 g/mol. The van der Waals surface area contributed by atoms with E-state index in [0.29, 0.717) is 22.0 Å². The molecule has 7 heteroatoms. The number of benzene rings is 2. The van der Waals surface area contributed by atoms with E-state index >= 15 is 0 Å². The van der Waals surface area contributed by atoms with Crippen LogP contribution in [0.2, 0.25) is 5.02 Å². The van der Waals surface area contributed by atoms with Crippen molar-refractivity contribution in [3.8, 4) is 0 Å². The average Bonchev–Trinajstić information content (AvgIpc) is 3.01. The van der Waals surface area contributed by atoms with Crippen LogP contribution in [0.3, 0.4) is 0 Å². The van der Waals surface area contributed by atoms with Crippen molar-refractivity contribution in [2.75, 3.05) is 17.3 Å². The molecule has 6 nitrogen and oxygen atoms in total. The number of amides is 3. The average molecular weight is 384 g/mol. The molecule has 3 amide bonds. The van der Waals surface area contributed by atoms with Crippen molar-refractivity contribution in [1.82, 2.24) is 4.90 Å². The number of carbonyl (C=O) groups is 3. The van der Waals surface area contributed by atoms with Gasteiger partial charge in [0.25, 0.3) is 11.8 Å². The van der Waals surface area contributed by atoms with Crippen molar-refractivity contribution < 1.29 is 14.4 Å². The molecule has 0 unspecified atom stereocenters. The molecule has 1 atom stereocenters. The summed E-state index contributed by atoms with van der Waals surface area (Å²) in [7, 11) is 1.56. The lowest BCUT2D eigenvalue weighted by molar-refractivity contribution is -0.128. The maximum absolute atomic E-state index is 13.3. The molecule has 0 radical (unpaired) electrons. The van der Waals surface area contributed by atoms with Gasteiger partial charge in [0, 0.05) is 30.6 Å². The summed E-state index contributed by atoms with van der Waals surface area (Å²) in [4.78, 5) is 41.7. The topological polar surface area (TPSA) is 69.7 Å². The number of carbonyl (C=O) groups excluding carboxylic acids is 3. The molecule has 2 aromatic carbocycles. The molecule has 1 fully saturated rings. The number of anilines is 2. The van der Waals surface area contributed by atoms with Gasteiger partial charge in [-0.1, -0.05) is 29.8 Å². The number of fused-ring (bicyclic) bond motifs is 3. The Balaban J connectivity index is 1.79. The van der Waals surface area contributed by atoms with Gasteiger partial charge in [-0.2, -0.15) is 0 Å². The fourth-order valence-electron chi connectivity index (χ4n) is 3.83. The number of halogens is 1. The highest BCUT2D eigenvalue weighted by Gasteiger charge is 2.59. The van der Waals surface area contributed by atoms with Crippen LogP contribution in [0.25, 0.3) is 0 Å². The molecule has 2 heterocycles. The highest BCUT2D eigenvalue weighted by molar-refractivity contribution is 6.31. The molecule has 138 valence electrons. The van der Waals surface area contributed by atoms with E-state index in [2.05, 4.69) is 5.32 Å². The third kappa shape index (κ3) is 2.44. The molecule has 2 aliphatic heterocycles. The predicted molar refractivity (Wildman–Crippen MR) is 103 cm³/mol. The van der Waals surface area contributed by atoms with E-state index in [1.807, 2.05) is 6.92 Å². The van der Waals surface area contributed by atoms with Crippen LogP contribution in [0.5, 0.6) is 0 Å². The molecule has 27 heavy (non-hydrogen) atoms. The van der Waals surface area contributed by atoms with Gasteiger partial charge < -0.3 is 10.2 Å². The number of rotatable bonds is 2. The summed E-state index contributed by atoms with van der Waals surface area (Å²) >= 11 is 6.15. The van der Waals surface area contributed by atoms with Gasteiger partial charge in [0.2, 0.25) is 11.6 Å². The summed E-state index contributed by atoms with van der Waals surface area (Å²) in [6.07, 6.45) is 0.419. The van der Waals surface area contributed by atoms with Crippen molar-refractivity contribution in [3.63, 3.8) is 0 Å². The lowest BCUT2D eigenvalue weighted by atomic mass is 9.96.